The van der Waals surface area contributed by atoms with Crippen LogP contribution < -0.4 is 15.8 Å². The molecule has 0 saturated heterocycles. The van der Waals surface area contributed by atoms with Crippen molar-refractivity contribution in [3.8, 4) is 5.75 Å². The Labute approximate surface area is 96.3 Å². The van der Waals surface area contributed by atoms with E-state index >= 15 is 0 Å². The van der Waals surface area contributed by atoms with Crippen LogP contribution in [0.15, 0.2) is 18.2 Å². The molecular formula is C12H19N3O. The van der Waals surface area contributed by atoms with Gasteiger partial charge in [0.05, 0.1) is 7.11 Å². The van der Waals surface area contributed by atoms with E-state index in [9.17, 15) is 0 Å². The SMILES string of the molecule is COc1ccc(C(=N)N)c(NC(C)(C)C)c1. The molecule has 0 aliphatic carbocycles. The highest BCUT2D eigenvalue weighted by Crippen LogP contribution is 2.24. The standard InChI is InChI=1S/C12H19N3O/c1-12(2,3)15-10-7-8(16-4)5-6-9(10)11(13)14/h5-7,15H,1-4H3,(H3,13,14). The van der Waals surface area contributed by atoms with E-state index in [0.29, 0.717) is 5.56 Å². The molecule has 0 heterocycles. The highest BCUT2D eigenvalue weighted by Gasteiger charge is 2.14. The minimum atomic E-state index is -0.0867. The molecule has 0 aliphatic heterocycles. The molecule has 0 amide bonds. The van der Waals surface area contributed by atoms with E-state index in [1.807, 2.05) is 6.07 Å². The topological polar surface area (TPSA) is 71.1 Å². The van der Waals surface area contributed by atoms with Crippen LogP contribution in [0, 0.1) is 5.41 Å². The van der Waals surface area contributed by atoms with Crippen molar-refractivity contribution in [2.75, 3.05) is 12.4 Å². The fourth-order valence-electron chi connectivity index (χ4n) is 1.39. The molecule has 0 aromatic heterocycles. The molecule has 16 heavy (non-hydrogen) atoms. The lowest BCUT2D eigenvalue weighted by molar-refractivity contribution is 0.415. The lowest BCUT2D eigenvalue weighted by Crippen LogP contribution is -2.28. The fraction of sp³-hybridized carbons (Fsp3) is 0.417. The summed E-state index contributed by atoms with van der Waals surface area (Å²) in [5.74, 6) is 0.797. The van der Waals surface area contributed by atoms with Crippen LogP contribution in [0.3, 0.4) is 0 Å². The number of anilines is 1. The number of benzene rings is 1. The van der Waals surface area contributed by atoms with Crippen molar-refractivity contribution in [2.24, 2.45) is 5.73 Å². The summed E-state index contributed by atoms with van der Waals surface area (Å²) in [6, 6.07) is 5.43. The molecule has 4 nitrogen and oxygen atoms in total. The summed E-state index contributed by atoms with van der Waals surface area (Å²) in [6.45, 7) is 6.16. The molecule has 0 spiro atoms. The van der Waals surface area contributed by atoms with Gasteiger partial charge < -0.3 is 15.8 Å². The monoisotopic (exact) mass is 221 g/mol. The number of nitrogens with two attached hydrogens (primary N) is 1. The first-order valence-electron chi connectivity index (χ1n) is 5.14. The lowest BCUT2D eigenvalue weighted by atomic mass is 10.1. The summed E-state index contributed by atoms with van der Waals surface area (Å²) in [4.78, 5) is 0. The van der Waals surface area contributed by atoms with Gasteiger partial charge in [0.15, 0.2) is 0 Å². The van der Waals surface area contributed by atoms with Crippen molar-refractivity contribution >= 4 is 11.5 Å². The van der Waals surface area contributed by atoms with E-state index in [4.69, 9.17) is 15.9 Å². The van der Waals surface area contributed by atoms with Gasteiger partial charge in [-0.05, 0) is 32.9 Å². The second kappa shape index (κ2) is 4.43. The summed E-state index contributed by atoms with van der Waals surface area (Å²) in [5.41, 5.74) is 6.95. The first-order chi connectivity index (χ1) is 7.33. The molecular weight excluding hydrogens is 202 g/mol. The second-order valence-corrected chi connectivity index (χ2v) is 4.70. The number of hydrogen-bond donors (Lipinski definition) is 3. The third-order valence-corrected chi connectivity index (χ3v) is 2.03. The number of rotatable bonds is 3. The molecule has 0 unspecified atom stereocenters. The van der Waals surface area contributed by atoms with Crippen LogP contribution >= 0.6 is 0 Å². The second-order valence-electron chi connectivity index (χ2n) is 4.70. The number of ether oxygens (including phenoxy) is 1. The molecule has 0 aliphatic rings. The first kappa shape index (κ1) is 12.4. The van der Waals surface area contributed by atoms with Crippen molar-refractivity contribution in [3.05, 3.63) is 23.8 Å². The Kier molecular flexibility index (Phi) is 3.42. The zero-order chi connectivity index (χ0) is 12.3. The Bertz CT molecular complexity index is 394. The smallest absolute Gasteiger partial charge is 0.124 e. The largest absolute Gasteiger partial charge is 0.497 e. The molecule has 88 valence electrons. The van der Waals surface area contributed by atoms with Crippen LogP contribution in [0.25, 0.3) is 0 Å². The molecule has 0 saturated carbocycles. The average molecular weight is 221 g/mol. The maximum atomic E-state index is 7.51. The summed E-state index contributed by atoms with van der Waals surface area (Å²) in [5, 5.41) is 10.8. The average Bonchev–Trinajstić information content (AvgIpc) is 2.14. The van der Waals surface area contributed by atoms with Gasteiger partial charge >= 0.3 is 0 Å². The third-order valence-electron chi connectivity index (χ3n) is 2.03. The Morgan fingerprint density at radius 3 is 2.44 bits per heavy atom. The molecule has 4 heteroatoms. The fourth-order valence-corrected chi connectivity index (χ4v) is 1.39. The minimum Gasteiger partial charge on any atom is -0.497 e. The van der Waals surface area contributed by atoms with E-state index in [2.05, 4.69) is 26.1 Å². The molecule has 1 rings (SSSR count). The zero-order valence-electron chi connectivity index (χ0n) is 10.2. The van der Waals surface area contributed by atoms with Gasteiger partial charge in [-0.1, -0.05) is 0 Å². The van der Waals surface area contributed by atoms with Gasteiger partial charge in [-0.3, -0.25) is 5.41 Å². The van der Waals surface area contributed by atoms with E-state index in [0.717, 1.165) is 11.4 Å². The van der Waals surface area contributed by atoms with Crippen LogP contribution in [-0.4, -0.2) is 18.5 Å². The summed E-state index contributed by atoms with van der Waals surface area (Å²) >= 11 is 0. The van der Waals surface area contributed by atoms with Crippen LogP contribution in [0.1, 0.15) is 26.3 Å². The Hall–Kier alpha value is -1.71. The number of nitrogens with one attached hydrogen (secondary N) is 2. The van der Waals surface area contributed by atoms with Gasteiger partial charge in [0.1, 0.15) is 11.6 Å². The van der Waals surface area contributed by atoms with Gasteiger partial charge in [0.25, 0.3) is 0 Å². The molecule has 4 N–H and O–H groups in total. The van der Waals surface area contributed by atoms with Crippen molar-refractivity contribution in [1.29, 1.82) is 5.41 Å². The van der Waals surface area contributed by atoms with Gasteiger partial charge in [-0.25, -0.2) is 0 Å². The van der Waals surface area contributed by atoms with Crippen molar-refractivity contribution in [2.45, 2.75) is 26.3 Å². The third kappa shape index (κ3) is 3.15. The summed E-state index contributed by atoms with van der Waals surface area (Å²) < 4.78 is 5.15. The van der Waals surface area contributed by atoms with E-state index in [-0.39, 0.29) is 11.4 Å². The van der Waals surface area contributed by atoms with E-state index in [1.54, 1.807) is 19.2 Å². The first-order valence-corrected chi connectivity index (χ1v) is 5.14. The molecule has 0 atom stereocenters. The Balaban J connectivity index is 3.15. The van der Waals surface area contributed by atoms with Gasteiger partial charge in [0.2, 0.25) is 0 Å². The normalized spacial score (nSPS) is 11.0. The summed E-state index contributed by atoms with van der Waals surface area (Å²) in [7, 11) is 1.61. The number of methoxy groups -OCH3 is 1. The van der Waals surface area contributed by atoms with Crippen LogP contribution in [0.4, 0.5) is 5.69 Å². The minimum absolute atomic E-state index is 0.0504. The van der Waals surface area contributed by atoms with Crippen molar-refractivity contribution in [3.63, 3.8) is 0 Å². The number of amidine groups is 1. The maximum Gasteiger partial charge on any atom is 0.124 e. The molecule has 0 bridgehead atoms. The van der Waals surface area contributed by atoms with Crippen LogP contribution in [0.5, 0.6) is 5.75 Å². The lowest BCUT2D eigenvalue weighted by Gasteiger charge is -2.24. The van der Waals surface area contributed by atoms with Crippen LogP contribution in [-0.2, 0) is 0 Å². The highest BCUT2D eigenvalue weighted by molar-refractivity contribution is 6.00. The van der Waals surface area contributed by atoms with E-state index in [1.165, 1.54) is 0 Å². The quantitative estimate of drug-likeness (QED) is 0.541. The molecule has 1 aromatic rings. The van der Waals surface area contributed by atoms with Crippen molar-refractivity contribution < 1.29 is 4.74 Å². The number of hydrogen-bond acceptors (Lipinski definition) is 3. The zero-order valence-corrected chi connectivity index (χ0v) is 10.2. The van der Waals surface area contributed by atoms with Gasteiger partial charge in [-0.2, -0.15) is 0 Å². The Morgan fingerprint density at radius 1 is 1.38 bits per heavy atom. The molecule has 0 radical (unpaired) electrons. The van der Waals surface area contributed by atoms with E-state index < -0.39 is 0 Å². The Morgan fingerprint density at radius 2 is 2.00 bits per heavy atom. The predicted octanol–water partition coefficient (Wildman–Crippen LogP) is 2.19. The van der Waals surface area contributed by atoms with Crippen molar-refractivity contribution in [1.82, 2.24) is 0 Å². The highest BCUT2D eigenvalue weighted by atomic mass is 16.5. The maximum absolute atomic E-state index is 7.51. The molecule has 1 aromatic carbocycles. The summed E-state index contributed by atoms with van der Waals surface area (Å²) in [6.07, 6.45) is 0. The van der Waals surface area contributed by atoms with Gasteiger partial charge in [0, 0.05) is 22.9 Å². The van der Waals surface area contributed by atoms with Crippen LogP contribution in [0.2, 0.25) is 0 Å². The number of nitrogen functional groups attached to an aromatic ring is 1. The predicted molar refractivity (Wildman–Crippen MR) is 67.4 cm³/mol. The van der Waals surface area contributed by atoms with Gasteiger partial charge in [-0.15, -0.1) is 0 Å². The molecule has 0 fully saturated rings.